The van der Waals surface area contributed by atoms with Crippen molar-refractivity contribution in [3.63, 3.8) is 0 Å². The summed E-state index contributed by atoms with van der Waals surface area (Å²) in [5, 5.41) is 10.7. The van der Waals surface area contributed by atoms with Crippen LogP contribution in [0.15, 0.2) is 47.4 Å². The number of ether oxygens (including phenoxy) is 2. The Bertz CT molecular complexity index is 1200. The topological polar surface area (TPSA) is 116 Å². The number of carbonyl (C=O) groups is 1. The van der Waals surface area contributed by atoms with E-state index in [1.165, 1.54) is 29.2 Å². The number of nitro groups is 1. The van der Waals surface area contributed by atoms with E-state index in [1.807, 2.05) is 0 Å². The van der Waals surface area contributed by atoms with Crippen LogP contribution in [0.2, 0.25) is 0 Å². The summed E-state index contributed by atoms with van der Waals surface area (Å²) in [7, 11) is -3.73. The fraction of sp³-hybridized carbons (Fsp3) is 0.409. The lowest BCUT2D eigenvalue weighted by atomic mass is 10.1. The molecule has 0 N–H and O–H groups in total. The number of non-ortho nitro benzene ring substituents is 1. The van der Waals surface area contributed by atoms with Gasteiger partial charge in [-0.1, -0.05) is 0 Å². The molecule has 1 saturated heterocycles. The van der Waals surface area contributed by atoms with Gasteiger partial charge in [0.1, 0.15) is 11.5 Å². The number of benzene rings is 2. The number of nitro benzene ring substituents is 1. The van der Waals surface area contributed by atoms with E-state index in [9.17, 15) is 36.5 Å². The number of amides is 1. The first-order valence-corrected chi connectivity index (χ1v) is 12.4. The van der Waals surface area contributed by atoms with Gasteiger partial charge in [0.25, 0.3) is 11.6 Å². The van der Waals surface area contributed by atoms with Gasteiger partial charge in [-0.15, -0.1) is 0 Å². The van der Waals surface area contributed by atoms with E-state index in [1.54, 1.807) is 0 Å². The molecule has 1 amide bonds. The Morgan fingerprint density at radius 1 is 1.23 bits per heavy atom. The predicted octanol–water partition coefficient (Wildman–Crippen LogP) is 3.87. The van der Waals surface area contributed by atoms with Crippen molar-refractivity contribution in [3.05, 3.63) is 58.1 Å². The normalized spacial score (nSPS) is 17.2. The average molecular weight is 516 g/mol. The van der Waals surface area contributed by atoms with E-state index < -0.39 is 32.9 Å². The van der Waals surface area contributed by atoms with Crippen LogP contribution in [0.4, 0.5) is 18.9 Å². The molecule has 13 heteroatoms. The van der Waals surface area contributed by atoms with Gasteiger partial charge >= 0.3 is 6.18 Å². The monoisotopic (exact) mass is 516 g/mol. The van der Waals surface area contributed by atoms with E-state index in [4.69, 9.17) is 9.47 Å². The highest BCUT2D eigenvalue weighted by Gasteiger charge is 2.39. The van der Waals surface area contributed by atoms with Gasteiger partial charge in [-0.2, -0.15) is 13.2 Å². The smallest absolute Gasteiger partial charge is 0.425 e. The molecule has 0 aliphatic carbocycles. The Morgan fingerprint density at radius 2 is 1.89 bits per heavy atom. The maximum Gasteiger partial charge on any atom is 0.425 e. The lowest BCUT2D eigenvalue weighted by Gasteiger charge is -2.22. The lowest BCUT2D eigenvalue weighted by Crippen LogP contribution is -2.33. The zero-order chi connectivity index (χ0) is 26.0. The van der Waals surface area contributed by atoms with Crippen LogP contribution in [0, 0.1) is 16.0 Å². The van der Waals surface area contributed by atoms with Crippen molar-refractivity contribution in [2.75, 3.05) is 26.0 Å². The Labute approximate surface area is 199 Å². The summed E-state index contributed by atoms with van der Waals surface area (Å²) >= 11 is 0. The van der Waals surface area contributed by atoms with E-state index in [0.29, 0.717) is 12.2 Å². The maximum atomic E-state index is 13.2. The average Bonchev–Trinajstić information content (AvgIpc) is 3.25. The molecule has 190 valence electrons. The van der Waals surface area contributed by atoms with E-state index >= 15 is 0 Å². The van der Waals surface area contributed by atoms with Crippen LogP contribution in [0.5, 0.6) is 11.5 Å². The minimum atomic E-state index is -4.68. The van der Waals surface area contributed by atoms with Crippen LogP contribution >= 0.6 is 0 Å². The van der Waals surface area contributed by atoms with Crippen molar-refractivity contribution < 1.29 is 40.8 Å². The molecule has 9 nitrogen and oxygen atoms in total. The number of carbonyl (C=O) groups excluding carboxylic acids is 1. The van der Waals surface area contributed by atoms with Gasteiger partial charge in [0.05, 0.1) is 22.0 Å². The molecule has 0 saturated carbocycles. The first-order valence-electron chi connectivity index (χ1n) is 10.5. The molecule has 0 radical (unpaired) electrons. The van der Waals surface area contributed by atoms with Gasteiger partial charge < -0.3 is 14.4 Å². The van der Waals surface area contributed by atoms with Crippen LogP contribution < -0.4 is 9.47 Å². The van der Waals surface area contributed by atoms with Gasteiger partial charge in [0.2, 0.25) is 0 Å². The quantitative estimate of drug-likeness (QED) is 0.386. The Balaban J connectivity index is 1.73. The second kappa shape index (κ2) is 10.1. The molecule has 0 aromatic heterocycles. The van der Waals surface area contributed by atoms with Gasteiger partial charge in [0.15, 0.2) is 15.9 Å². The first kappa shape index (κ1) is 26.3. The van der Waals surface area contributed by atoms with Gasteiger partial charge in [-0.05, 0) is 43.7 Å². The van der Waals surface area contributed by atoms with Gasteiger partial charge in [-0.25, -0.2) is 8.42 Å². The van der Waals surface area contributed by atoms with Crippen LogP contribution in [0.25, 0.3) is 0 Å². The second-order valence-corrected chi connectivity index (χ2v) is 10.2. The number of nitrogens with zero attached hydrogens (tertiary/aromatic N) is 2. The molecule has 2 aromatic rings. The fourth-order valence-electron chi connectivity index (χ4n) is 3.47. The molecule has 3 rings (SSSR count). The highest BCUT2D eigenvalue weighted by molar-refractivity contribution is 7.90. The standard InChI is InChI=1S/C22H23F3N2O7S/c1-14(22(23,24)25)34-20-8-7-18(35(2,31)32)11-19(20)21(28)26-10-9-15(12-26)13-33-17-5-3-16(4-6-17)27(29)30/h3-8,11,14-15H,9-10,12-13H2,1-2H3/t14-,15?/m0/s1. The van der Waals surface area contributed by atoms with Crippen LogP contribution in [-0.2, 0) is 9.84 Å². The highest BCUT2D eigenvalue weighted by Crippen LogP contribution is 2.31. The zero-order valence-corrected chi connectivity index (χ0v) is 19.6. The molecular weight excluding hydrogens is 493 g/mol. The molecule has 1 aliphatic heterocycles. The SMILES string of the molecule is C[C@H](Oc1ccc(S(C)(=O)=O)cc1C(=O)N1CCC(COc2ccc([N+](=O)[O-])cc2)C1)C(F)(F)F. The summed E-state index contributed by atoms with van der Waals surface area (Å²) in [5.41, 5.74) is -0.356. The minimum Gasteiger partial charge on any atom is -0.493 e. The molecular formula is C22H23F3N2O7S. The van der Waals surface area contributed by atoms with Crippen LogP contribution in [0.3, 0.4) is 0 Å². The summed E-state index contributed by atoms with van der Waals surface area (Å²) in [4.78, 5) is 24.5. The summed E-state index contributed by atoms with van der Waals surface area (Å²) in [6, 6.07) is 8.69. The largest absolute Gasteiger partial charge is 0.493 e. The third-order valence-corrected chi connectivity index (χ3v) is 6.59. The van der Waals surface area contributed by atoms with Crippen molar-refractivity contribution in [2.45, 2.75) is 30.5 Å². The van der Waals surface area contributed by atoms with Crippen molar-refractivity contribution in [3.8, 4) is 11.5 Å². The predicted molar refractivity (Wildman–Crippen MR) is 118 cm³/mol. The summed E-state index contributed by atoms with van der Waals surface area (Å²) in [6.07, 6.45) is -5.42. The number of hydrogen-bond donors (Lipinski definition) is 0. The first-order chi connectivity index (χ1) is 16.3. The summed E-state index contributed by atoms with van der Waals surface area (Å²) < 4.78 is 73.6. The zero-order valence-electron chi connectivity index (χ0n) is 18.8. The molecule has 1 fully saturated rings. The number of alkyl halides is 3. The number of sulfone groups is 1. The molecule has 1 heterocycles. The van der Waals surface area contributed by atoms with Crippen LogP contribution in [-0.4, -0.2) is 62.4 Å². The third-order valence-electron chi connectivity index (χ3n) is 5.48. The molecule has 2 aromatic carbocycles. The van der Waals surface area contributed by atoms with Gasteiger partial charge in [0, 0.05) is 37.4 Å². The molecule has 1 aliphatic rings. The second-order valence-electron chi connectivity index (χ2n) is 8.20. The minimum absolute atomic E-state index is 0.0795. The van der Waals surface area contributed by atoms with Crippen molar-refractivity contribution in [1.82, 2.24) is 4.90 Å². The highest BCUT2D eigenvalue weighted by atomic mass is 32.2. The molecule has 1 unspecified atom stereocenters. The molecule has 2 atom stereocenters. The summed E-state index contributed by atoms with van der Waals surface area (Å²) in [6.45, 7) is 1.51. The van der Waals surface area contributed by atoms with Crippen LogP contribution in [0.1, 0.15) is 23.7 Å². The number of halogens is 3. The Morgan fingerprint density at radius 3 is 2.46 bits per heavy atom. The van der Waals surface area contributed by atoms with E-state index in [2.05, 4.69) is 0 Å². The van der Waals surface area contributed by atoms with Crippen molar-refractivity contribution in [2.24, 2.45) is 5.92 Å². The van der Waals surface area contributed by atoms with E-state index in [0.717, 1.165) is 31.4 Å². The van der Waals surface area contributed by atoms with E-state index in [-0.39, 0.29) is 47.5 Å². The lowest BCUT2D eigenvalue weighted by molar-refractivity contribution is -0.384. The Hall–Kier alpha value is -3.35. The number of likely N-dealkylation sites (tertiary alicyclic amines) is 1. The molecule has 0 bridgehead atoms. The maximum absolute atomic E-state index is 13.2. The Kier molecular flexibility index (Phi) is 7.58. The fourth-order valence-corrected chi connectivity index (χ4v) is 4.12. The van der Waals surface area contributed by atoms with Crippen molar-refractivity contribution >= 4 is 21.4 Å². The number of rotatable bonds is 8. The summed E-state index contributed by atoms with van der Waals surface area (Å²) in [5.74, 6) is -0.709. The molecule has 35 heavy (non-hydrogen) atoms. The molecule has 0 spiro atoms. The van der Waals surface area contributed by atoms with Gasteiger partial charge in [-0.3, -0.25) is 14.9 Å². The van der Waals surface area contributed by atoms with Crippen molar-refractivity contribution in [1.29, 1.82) is 0 Å². The number of hydrogen-bond acceptors (Lipinski definition) is 7. The third kappa shape index (κ3) is 6.62.